The van der Waals surface area contributed by atoms with Crippen LogP contribution in [-0.2, 0) is 9.59 Å². The molecule has 2 aliphatic rings. The van der Waals surface area contributed by atoms with E-state index in [9.17, 15) is 9.59 Å². The zero-order chi connectivity index (χ0) is 19.1. The monoisotopic (exact) mass is 442 g/mol. The fourth-order valence-corrected chi connectivity index (χ4v) is 4.13. The van der Waals surface area contributed by atoms with Crippen LogP contribution in [0.3, 0.4) is 0 Å². The molecular weight excluding hydrogens is 428 g/mol. The van der Waals surface area contributed by atoms with Crippen LogP contribution in [0.25, 0.3) is 0 Å². The van der Waals surface area contributed by atoms with Crippen molar-refractivity contribution in [2.45, 2.75) is 19.1 Å². The molecule has 0 radical (unpaired) electrons. The summed E-state index contributed by atoms with van der Waals surface area (Å²) < 4.78 is 0.846. The number of thioether (sulfide) groups is 1. The smallest absolute Gasteiger partial charge is 0.276 e. The van der Waals surface area contributed by atoms with Gasteiger partial charge >= 0.3 is 0 Å². The SMILES string of the molecule is Cc1ccc(N2C(=O)C(C)SC2=N/N=C2\C(=O)Nc3ccc(Br)cc32)cc1. The van der Waals surface area contributed by atoms with Gasteiger partial charge in [-0.15, -0.1) is 10.2 Å². The molecule has 27 heavy (non-hydrogen) atoms. The molecule has 2 aromatic rings. The number of aryl methyl sites for hydroxylation is 1. The van der Waals surface area contributed by atoms with Crippen molar-refractivity contribution in [1.29, 1.82) is 0 Å². The third kappa shape index (κ3) is 3.30. The van der Waals surface area contributed by atoms with Gasteiger partial charge in [0.05, 0.1) is 16.6 Å². The standard InChI is InChI=1S/C19H15BrN4O2S/c1-10-3-6-13(7-4-10)24-18(26)11(2)27-19(24)23-22-16-14-9-12(20)5-8-15(14)21-17(16)25/h3-9,11H,1-2H3,(H,21,22,25). The highest BCUT2D eigenvalue weighted by atomic mass is 79.9. The Bertz CT molecular complexity index is 1020. The van der Waals surface area contributed by atoms with Gasteiger partial charge in [0.15, 0.2) is 10.9 Å². The van der Waals surface area contributed by atoms with Gasteiger partial charge in [-0.2, -0.15) is 0 Å². The number of hydrogen-bond donors (Lipinski definition) is 1. The normalized spacial score (nSPS) is 21.9. The number of fused-ring (bicyclic) bond motifs is 1. The Balaban J connectivity index is 1.73. The molecule has 1 saturated heterocycles. The van der Waals surface area contributed by atoms with Crippen LogP contribution in [0.1, 0.15) is 18.1 Å². The average Bonchev–Trinajstić information content (AvgIpc) is 3.10. The number of halogens is 1. The number of benzene rings is 2. The number of anilines is 2. The highest BCUT2D eigenvalue weighted by Gasteiger charge is 2.36. The summed E-state index contributed by atoms with van der Waals surface area (Å²) in [7, 11) is 0. The van der Waals surface area contributed by atoms with Crippen LogP contribution >= 0.6 is 27.7 Å². The molecule has 2 heterocycles. The summed E-state index contributed by atoms with van der Waals surface area (Å²) in [5.74, 6) is -0.362. The number of carbonyl (C=O) groups excluding carboxylic acids is 2. The summed E-state index contributed by atoms with van der Waals surface area (Å²) >= 11 is 4.73. The molecule has 0 spiro atoms. The Hall–Kier alpha value is -2.45. The van der Waals surface area contributed by atoms with Gasteiger partial charge in [0, 0.05) is 10.0 Å². The number of carbonyl (C=O) groups is 2. The van der Waals surface area contributed by atoms with Gasteiger partial charge < -0.3 is 5.32 Å². The summed E-state index contributed by atoms with van der Waals surface area (Å²) in [6, 6.07) is 13.1. The van der Waals surface area contributed by atoms with E-state index in [2.05, 4.69) is 31.4 Å². The minimum absolute atomic E-state index is 0.0539. The molecule has 8 heteroatoms. The zero-order valence-electron chi connectivity index (χ0n) is 14.6. The molecule has 2 aliphatic heterocycles. The second kappa shape index (κ2) is 6.94. The first-order valence-corrected chi connectivity index (χ1v) is 9.95. The van der Waals surface area contributed by atoms with Crippen LogP contribution in [0.4, 0.5) is 11.4 Å². The second-order valence-corrected chi connectivity index (χ2v) is 8.47. The lowest BCUT2D eigenvalue weighted by Crippen LogP contribution is -2.31. The zero-order valence-corrected chi connectivity index (χ0v) is 17.0. The van der Waals surface area contributed by atoms with E-state index in [4.69, 9.17) is 0 Å². The van der Waals surface area contributed by atoms with Crippen LogP contribution < -0.4 is 10.2 Å². The molecule has 2 amide bonds. The molecule has 0 saturated carbocycles. The van der Waals surface area contributed by atoms with E-state index in [1.807, 2.05) is 56.3 Å². The van der Waals surface area contributed by atoms with Gasteiger partial charge in [0.2, 0.25) is 5.91 Å². The third-order valence-electron chi connectivity index (χ3n) is 4.27. The first-order valence-electron chi connectivity index (χ1n) is 8.28. The topological polar surface area (TPSA) is 74.1 Å². The molecule has 0 aromatic heterocycles. The average molecular weight is 443 g/mol. The predicted molar refractivity (Wildman–Crippen MR) is 112 cm³/mol. The van der Waals surface area contributed by atoms with Crippen molar-refractivity contribution in [3.05, 3.63) is 58.1 Å². The van der Waals surface area contributed by atoms with Crippen molar-refractivity contribution in [3.63, 3.8) is 0 Å². The van der Waals surface area contributed by atoms with Gasteiger partial charge in [0.25, 0.3) is 5.91 Å². The van der Waals surface area contributed by atoms with E-state index < -0.39 is 0 Å². The lowest BCUT2D eigenvalue weighted by atomic mass is 10.1. The number of amidine groups is 1. The Morgan fingerprint density at radius 2 is 1.85 bits per heavy atom. The van der Waals surface area contributed by atoms with Crippen molar-refractivity contribution in [2.75, 3.05) is 10.2 Å². The van der Waals surface area contributed by atoms with E-state index in [0.29, 0.717) is 16.4 Å². The third-order valence-corrected chi connectivity index (χ3v) is 5.79. The Kier molecular flexibility index (Phi) is 4.61. The molecule has 1 atom stereocenters. The maximum atomic E-state index is 12.6. The quantitative estimate of drug-likeness (QED) is 0.715. The first kappa shape index (κ1) is 17.9. The summed E-state index contributed by atoms with van der Waals surface area (Å²) in [6.07, 6.45) is 0. The molecule has 0 bridgehead atoms. The lowest BCUT2D eigenvalue weighted by Gasteiger charge is -2.15. The predicted octanol–water partition coefficient (Wildman–Crippen LogP) is 3.94. The molecule has 1 unspecified atom stereocenters. The molecule has 0 aliphatic carbocycles. The first-order chi connectivity index (χ1) is 12.9. The van der Waals surface area contributed by atoms with Crippen LogP contribution in [0.5, 0.6) is 0 Å². The maximum Gasteiger partial charge on any atom is 0.276 e. The van der Waals surface area contributed by atoms with Gasteiger partial charge in [-0.1, -0.05) is 45.4 Å². The Morgan fingerprint density at radius 3 is 2.59 bits per heavy atom. The summed E-state index contributed by atoms with van der Waals surface area (Å²) in [5, 5.41) is 11.4. The van der Waals surface area contributed by atoms with Crippen molar-refractivity contribution >= 4 is 61.8 Å². The fourth-order valence-electron chi connectivity index (χ4n) is 2.85. The van der Waals surface area contributed by atoms with Crippen molar-refractivity contribution < 1.29 is 9.59 Å². The number of amides is 2. The van der Waals surface area contributed by atoms with Crippen LogP contribution in [0.15, 0.2) is 57.1 Å². The number of rotatable bonds is 2. The highest BCUT2D eigenvalue weighted by molar-refractivity contribution is 9.10. The number of nitrogens with zero attached hydrogens (tertiary/aromatic N) is 3. The van der Waals surface area contributed by atoms with Gasteiger partial charge in [-0.3, -0.25) is 14.5 Å². The van der Waals surface area contributed by atoms with Crippen LogP contribution in [-0.4, -0.2) is 27.9 Å². The van der Waals surface area contributed by atoms with E-state index >= 15 is 0 Å². The molecule has 1 N–H and O–H groups in total. The number of nitrogens with one attached hydrogen (secondary N) is 1. The van der Waals surface area contributed by atoms with Crippen LogP contribution in [0, 0.1) is 6.92 Å². The fraction of sp³-hybridized carbons (Fsp3) is 0.158. The van der Waals surface area contributed by atoms with Crippen molar-refractivity contribution in [3.8, 4) is 0 Å². The Labute approximate surface area is 168 Å². The molecule has 2 aromatic carbocycles. The van der Waals surface area contributed by atoms with Gasteiger partial charge in [-0.05, 0) is 44.2 Å². The lowest BCUT2D eigenvalue weighted by molar-refractivity contribution is -0.116. The van der Waals surface area contributed by atoms with Gasteiger partial charge in [-0.25, -0.2) is 0 Å². The van der Waals surface area contributed by atoms with E-state index in [0.717, 1.165) is 15.7 Å². The summed E-state index contributed by atoms with van der Waals surface area (Å²) in [4.78, 5) is 26.4. The van der Waals surface area contributed by atoms with E-state index in [1.54, 1.807) is 4.90 Å². The van der Waals surface area contributed by atoms with E-state index in [1.165, 1.54) is 11.8 Å². The van der Waals surface area contributed by atoms with Crippen molar-refractivity contribution in [1.82, 2.24) is 0 Å². The molecule has 136 valence electrons. The molecule has 4 rings (SSSR count). The largest absolute Gasteiger partial charge is 0.320 e. The van der Waals surface area contributed by atoms with Crippen molar-refractivity contribution in [2.24, 2.45) is 10.2 Å². The molecule has 1 fully saturated rings. The maximum absolute atomic E-state index is 12.6. The second-order valence-electron chi connectivity index (χ2n) is 6.24. The summed E-state index contributed by atoms with van der Waals surface area (Å²) in [6.45, 7) is 3.82. The summed E-state index contributed by atoms with van der Waals surface area (Å²) in [5.41, 5.74) is 3.45. The Morgan fingerprint density at radius 1 is 1.11 bits per heavy atom. The highest BCUT2D eigenvalue weighted by Crippen LogP contribution is 2.32. The minimum atomic E-state index is -0.309. The van der Waals surface area contributed by atoms with Gasteiger partial charge in [0.1, 0.15) is 0 Å². The van der Waals surface area contributed by atoms with Crippen LogP contribution in [0.2, 0.25) is 0 Å². The van der Waals surface area contributed by atoms with E-state index in [-0.39, 0.29) is 22.8 Å². The minimum Gasteiger partial charge on any atom is -0.320 e. The molecular formula is C19H15BrN4O2S. The number of hydrogen-bond acceptors (Lipinski definition) is 5. The molecule has 6 nitrogen and oxygen atoms in total.